The number of anilines is 1. The van der Waals surface area contributed by atoms with Crippen LogP contribution in [0.2, 0.25) is 0 Å². The van der Waals surface area contributed by atoms with E-state index in [-0.39, 0.29) is 11.6 Å². The number of aliphatic hydroxyl groups excluding tert-OH is 1. The third-order valence-electron chi connectivity index (χ3n) is 1.41. The van der Waals surface area contributed by atoms with E-state index in [9.17, 15) is 9.90 Å². The summed E-state index contributed by atoms with van der Waals surface area (Å²) < 4.78 is 0. The largest absolute Gasteiger partial charge is 0.504 e. The molecule has 0 unspecified atom stereocenters. The minimum atomic E-state index is -0.630. The summed E-state index contributed by atoms with van der Waals surface area (Å²) in [5.74, 6) is -0.653. The van der Waals surface area contributed by atoms with Crippen LogP contribution in [0, 0.1) is 6.92 Å². The quantitative estimate of drug-likeness (QED) is 0.602. The fraction of sp³-hybridized carbons (Fsp3) is 0.250. The van der Waals surface area contributed by atoms with Crippen LogP contribution in [0.1, 0.15) is 5.69 Å². The van der Waals surface area contributed by atoms with E-state index in [4.69, 9.17) is 5.11 Å². The number of aliphatic hydroxyl groups is 1. The van der Waals surface area contributed by atoms with Crippen molar-refractivity contribution in [3.05, 3.63) is 17.8 Å². The first kappa shape index (κ1) is 9.47. The number of rotatable bonds is 2. The van der Waals surface area contributed by atoms with Crippen LogP contribution in [0.3, 0.4) is 0 Å². The molecule has 0 aromatic carbocycles. The Kier molecular flexibility index (Phi) is 2.81. The number of hydrogen-bond acceptors (Lipinski definition) is 4. The summed E-state index contributed by atoms with van der Waals surface area (Å²) in [5.41, 5.74) is 0.672. The van der Waals surface area contributed by atoms with Crippen molar-refractivity contribution in [3.63, 3.8) is 0 Å². The molecule has 0 saturated carbocycles. The van der Waals surface area contributed by atoms with Gasteiger partial charge in [0.2, 0.25) is 0 Å². The molecule has 13 heavy (non-hydrogen) atoms. The van der Waals surface area contributed by atoms with Gasteiger partial charge >= 0.3 is 0 Å². The Morgan fingerprint density at radius 3 is 2.92 bits per heavy atom. The highest BCUT2D eigenvalue weighted by Crippen LogP contribution is 2.19. The molecule has 0 spiro atoms. The predicted molar refractivity (Wildman–Crippen MR) is 46.4 cm³/mol. The Balaban J connectivity index is 2.87. The standard InChI is InChI=1S/C8H10N2O3/c1-5-2-3-6(12)8(9-5)10-7(13)4-11/h2-3,11-12H,4H2,1H3,(H,9,10,13). The van der Waals surface area contributed by atoms with Gasteiger partial charge in [0.15, 0.2) is 11.6 Å². The van der Waals surface area contributed by atoms with E-state index in [0.29, 0.717) is 5.69 Å². The van der Waals surface area contributed by atoms with Gasteiger partial charge in [0.1, 0.15) is 6.61 Å². The molecule has 1 heterocycles. The van der Waals surface area contributed by atoms with Crippen LogP contribution < -0.4 is 5.32 Å². The van der Waals surface area contributed by atoms with Gasteiger partial charge in [0.25, 0.3) is 5.91 Å². The number of carbonyl (C=O) groups excluding carboxylic acids is 1. The molecule has 5 heteroatoms. The van der Waals surface area contributed by atoms with E-state index >= 15 is 0 Å². The highest BCUT2D eigenvalue weighted by molar-refractivity contribution is 5.91. The molecule has 0 radical (unpaired) electrons. The molecule has 0 aliphatic rings. The van der Waals surface area contributed by atoms with Crippen molar-refractivity contribution in [2.75, 3.05) is 11.9 Å². The number of aromatic nitrogens is 1. The predicted octanol–water partition coefficient (Wildman–Crippen LogP) is 0.0264. The zero-order valence-corrected chi connectivity index (χ0v) is 7.11. The van der Waals surface area contributed by atoms with E-state index < -0.39 is 12.5 Å². The van der Waals surface area contributed by atoms with E-state index in [1.807, 2.05) is 0 Å². The van der Waals surface area contributed by atoms with Crippen LogP contribution in [0.5, 0.6) is 5.75 Å². The number of amides is 1. The summed E-state index contributed by atoms with van der Waals surface area (Å²) >= 11 is 0. The maximum atomic E-state index is 10.7. The first-order valence-electron chi connectivity index (χ1n) is 3.71. The maximum absolute atomic E-state index is 10.7. The van der Waals surface area contributed by atoms with Crippen LogP contribution in [-0.4, -0.2) is 27.7 Å². The normalized spacial score (nSPS) is 9.69. The second-order valence-corrected chi connectivity index (χ2v) is 2.53. The van der Waals surface area contributed by atoms with Crippen molar-refractivity contribution in [1.29, 1.82) is 0 Å². The lowest BCUT2D eigenvalue weighted by atomic mass is 10.3. The summed E-state index contributed by atoms with van der Waals surface area (Å²) in [6, 6.07) is 3.04. The zero-order chi connectivity index (χ0) is 9.84. The molecule has 3 N–H and O–H groups in total. The lowest BCUT2D eigenvalue weighted by Crippen LogP contribution is -2.16. The van der Waals surface area contributed by atoms with Crippen molar-refractivity contribution in [1.82, 2.24) is 4.98 Å². The van der Waals surface area contributed by atoms with Crippen LogP contribution in [0.15, 0.2) is 12.1 Å². The van der Waals surface area contributed by atoms with E-state index in [0.717, 1.165) is 0 Å². The van der Waals surface area contributed by atoms with Gasteiger partial charge in [-0.05, 0) is 19.1 Å². The van der Waals surface area contributed by atoms with Crippen LogP contribution in [0.25, 0.3) is 0 Å². The van der Waals surface area contributed by atoms with Crippen LogP contribution >= 0.6 is 0 Å². The molecule has 0 bridgehead atoms. The van der Waals surface area contributed by atoms with Crippen molar-refractivity contribution >= 4 is 11.7 Å². The smallest absolute Gasteiger partial charge is 0.251 e. The Bertz CT molecular complexity index is 325. The van der Waals surface area contributed by atoms with Crippen LogP contribution in [-0.2, 0) is 4.79 Å². The molecule has 0 aliphatic heterocycles. The van der Waals surface area contributed by atoms with Gasteiger partial charge < -0.3 is 15.5 Å². The summed E-state index contributed by atoms with van der Waals surface area (Å²) in [5, 5.41) is 19.9. The fourth-order valence-corrected chi connectivity index (χ4v) is 0.813. The number of aromatic hydroxyl groups is 1. The lowest BCUT2D eigenvalue weighted by Gasteiger charge is -2.04. The maximum Gasteiger partial charge on any atom is 0.251 e. The zero-order valence-electron chi connectivity index (χ0n) is 7.11. The van der Waals surface area contributed by atoms with E-state index in [2.05, 4.69) is 10.3 Å². The molecule has 5 nitrogen and oxygen atoms in total. The highest BCUT2D eigenvalue weighted by atomic mass is 16.3. The molecular weight excluding hydrogens is 172 g/mol. The average molecular weight is 182 g/mol. The summed E-state index contributed by atoms with van der Waals surface area (Å²) in [7, 11) is 0. The molecule has 0 aliphatic carbocycles. The fourth-order valence-electron chi connectivity index (χ4n) is 0.813. The number of nitrogens with zero attached hydrogens (tertiary/aromatic N) is 1. The van der Waals surface area contributed by atoms with Crippen molar-refractivity contribution < 1.29 is 15.0 Å². The minimum Gasteiger partial charge on any atom is -0.504 e. The first-order valence-corrected chi connectivity index (χ1v) is 3.71. The van der Waals surface area contributed by atoms with Gasteiger partial charge in [-0.15, -0.1) is 0 Å². The molecule has 1 aromatic rings. The van der Waals surface area contributed by atoms with E-state index in [1.54, 1.807) is 13.0 Å². The van der Waals surface area contributed by atoms with Gasteiger partial charge in [-0.1, -0.05) is 0 Å². The Labute approximate surface area is 75.0 Å². The average Bonchev–Trinajstić information content (AvgIpc) is 2.11. The number of nitrogens with one attached hydrogen (secondary N) is 1. The second kappa shape index (κ2) is 3.86. The molecule has 0 atom stereocenters. The van der Waals surface area contributed by atoms with Gasteiger partial charge in [-0.3, -0.25) is 4.79 Å². The van der Waals surface area contributed by atoms with Crippen molar-refractivity contribution in [2.24, 2.45) is 0 Å². The molecule has 70 valence electrons. The monoisotopic (exact) mass is 182 g/mol. The topological polar surface area (TPSA) is 82.5 Å². The number of carbonyl (C=O) groups is 1. The molecular formula is C8H10N2O3. The number of hydrogen-bond donors (Lipinski definition) is 3. The lowest BCUT2D eigenvalue weighted by molar-refractivity contribution is -0.118. The second-order valence-electron chi connectivity index (χ2n) is 2.53. The number of pyridine rings is 1. The van der Waals surface area contributed by atoms with Gasteiger partial charge in [0.05, 0.1) is 0 Å². The summed E-state index contributed by atoms with van der Waals surface area (Å²) in [6.45, 7) is 1.10. The Morgan fingerprint density at radius 2 is 2.31 bits per heavy atom. The summed E-state index contributed by atoms with van der Waals surface area (Å²) in [4.78, 5) is 14.6. The SMILES string of the molecule is Cc1ccc(O)c(NC(=O)CO)n1. The molecule has 0 saturated heterocycles. The molecule has 0 fully saturated rings. The summed E-state index contributed by atoms with van der Waals surface area (Å²) in [6.07, 6.45) is 0. The first-order chi connectivity index (χ1) is 6.13. The van der Waals surface area contributed by atoms with Gasteiger partial charge in [-0.25, -0.2) is 4.98 Å². The Hall–Kier alpha value is -1.62. The van der Waals surface area contributed by atoms with Gasteiger partial charge in [-0.2, -0.15) is 0 Å². The molecule has 1 rings (SSSR count). The molecule has 1 amide bonds. The highest BCUT2D eigenvalue weighted by Gasteiger charge is 2.06. The third kappa shape index (κ3) is 2.41. The van der Waals surface area contributed by atoms with Crippen molar-refractivity contribution in [3.8, 4) is 5.75 Å². The Morgan fingerprint density at radius 1 is 1.62 bits per heavy atom. The molecule has 1 aromatic heterocycles. The minimum absolute atomic E-state index is 0.0686. The van der Waals surface area contributed by atoms with E-state index in [1.165, 1.54) is 6.07 Å². The third-order valence-corrected chi connectivity index (χ3v) is 1.41. The van der Waals surface area contributed by atoms with Gasteiger partial charge in [0, 0.05) is 5.69 Å². The van der Waals surface area contributed by atoms with Crippen LogP contribution in [0.4, 0.5) is 5.82 Å². The van der Waals surface area contributed by atoms with Crippen molar-refractivity contribution in [2.45, 2.75) is 6.92 Å². The number of aryl methyl sites for hydroxylation is 1.